The van der Waals surface area contributed by atoms with E-state index < -0.39 is 33.1 Å². The lowest BCUT2D eigenvalue weighted by atomic mass is 9.69. The minimum Gasteiger partial charge on any atom is -0.468 e. The Kier molecular flexibility index (Phi) is 4.99. The first-order valence-corrected chi connectivity index (χ1v) is 10.2. The molecule has 2 aliphatic rings. The smallest absolute Gasteiger partial charge is 0.324 e. The van der Waals surface area contributed by atoms with E-state index in [4.69, 9.17) is 9.47 Å². The molecule has 0 saturated carbocycles. The van der Waals surface area contributed by atoms with E-state index in [9.17, 15) is 18.0 Å². The van der Waals surface area contributed by atoms with Gasteiger partial charge in [-0.2, -0.15) is 0 Å². The molecule has 0 saturated heterocycles. The quantitative estimate of drug-likeness (QED) is 0.580. The number of allylic oxidation sites excluding steroid dienone is 4. The van der Waals surface area contributed by atoms with Crippen molar-refractivity contribution < 1.29 is 27.5 Å². The van der Waals surface area contributed by atoms with Gasteiger partial charge in [0.05, 0.1) is 24.0 Å². The molecule has 27 heavy (non-hydrogen) atoms. The van der Waals surface area contributed by atoms with Gasteiger partial charge in [-0.1, -0.05) is 37.3 Å². The molecule has 144 valence electrons. The minimum absolute atomic E-state index is 0.0812. The number of sulfone groups is 1. The molecule has 0 unspecified atom stereocenters. The lowest BCUT2D eigenvalue weighted by Crippen LogP contribution is -2.46. The standard InChI is InChI=1S/C20H22O6S/c1-13-9-10-15-16(11-13)20(18(21)25-2,19(22)26-3)12-17(15)27(23,24)14-7-5-4-6-8-14/h4-10,13,16H,11-12H2,1-3H3/t13-,16+/m1/s1. The summed E-state index contributed by atoms with van der Waals surface area (Å²) >= 11 is 0. The van der Waals surface area contributed by atoms with Crippen LogP contribution in [-0.4, -0.2) is 34.6 Å². The molecule has 0 N–H and O–H groups in total. The van der Waals surface area contributed by atoms with E-state index in [2.05, 4.69) is 0 Å². The molecule has 0 aromatic heterocycles. The van der Waals surface area contributed by atoms with Crippen LogP contribution in [0.1, 0.15) is 19.8 Å². The van der Waals surface area contributed by atoms with E-state index >= 15 is 0 Å². The summed E-state index contributed by atoms with van der Waals surface area (Å²) in [5.41, 5.74) is -1.19. The molecular weight excluding hydrogens is 368 g/mol. The van der Waals surface area contributed by atoms with E-state index in [0.717, 1.165) is 0 Å². The molecule has 0 aliphatic heterocycles. The van der Waals surface area contributed by atoms with Crippen molar-refractivity contribution in [1.29, 1.82) is 0 Å². The Bertz CT molecular complexity index is 910. The highest BCUT2D eigenvalue weighted by atomic mass is 32.2. The lowest BCUT2D eigenvalue weighted by Gasteiger charge is -2.33. The Morgan fingerprint density at radius 2 is 1.67 bits per heavy atom. The first-order chi connectivity index (χ1) is 12.8. The van der Waals surface area contributed by atoms with E-state index in [1.165, 1.54) is 26.4 Å². The van der Waals surface area contributed by atoms with Crippen molar-refractivity contribution in [2.45, 2.75) is 24.7 Å². The van der Waals surface area contributed by atoms with Crippen molar-refractivity contribution in [3.8, 4) is 0 Å². The van der Waals surface area contributed by atoms with E-state index in [-0.39, 0.29) is 22.1 Å². The first kappa shape index (κ1) is 19.4. The predicted octanol–water partition coefficient (Wildman–Crippen LogP) is 2.66. The van der Waals surface area contributed by atoms with Crippen LogP contribution >= 0.6 is 0 Å². The highest BCUT2D eigenvalue weighted by Crippen LogP contribution is 2.55. The summed E-state index contributed by atoms with van der Waals surface area (Å²) in [5.74, 6) is -2.05. The van der Waals surface area contributed by atoms with Gasteiger partial charge in [0.1, 0.15) is 0 Å². The third kappa shape index (κ3) is 2.90. The van der Waals surface area contributed by atoms with Crippen LogP contribution in [0.3, 0.4) is 0 Å². The molecule has 2 atom stereocenters. The van der Waals surface area contributed by atoms with Gasteiger partial charge in [0.15, 0.2) is 5.41 Å². The Hall–Kier alpha value is -2.41. The maximum Gasteiger partial charge on any atom is 0.324 e. The van der Waals surface area contributed by atoms with E-state index in [1.807, 2.05) is 13.0 Å². The number of methoxy groups -OCH3 is 2. The number of esters is 2. The van der Waals surface area contributed by atoms with Crippen LogP contribution in [-0.2, 0) is 28.9 Å². The number of fused-ring (bicyclic) bond motifs is 1. The van der Waals surface area contributed by atoms with Crippen LogP contribution in [0.25, 0.3) is 0 Å². The zero-order valence-corrected chi connectivity index (χ0v) is 16.3. The Labute approximate surface area is 158 Å². The van der Waals surface area contributed by atoms with Crippen molar-refractivity contribution >= 4 is 21.8 Å². The lowest BCUT2D eigenvalue weighted by molar-refractivity contribution is -0.172. The van der Waals surface area contributed by atoms with Crippen molar-refractivity contribution in [1.82, 2.24) is 0 Å². The van der Waals surface area contributed by atoms with Crippen LogP contribution in [0.4, 0.5) is 0 Å². The summed E-state index contributed by atoms with van der Waals surface area (Å²) in [7, 11) is -1.48. The number of hydrogen-bond acceptors (Lipinski definition) is 6. The molecule has 0 fully saturated rings. The third-order valence-electron chi connectivity index (χ3n) is 5.42. The van der Waals surface area contributed by atoms with Crippen molar-refractivity contribution in [3.05, 3.63) is 53.0 Å². The molecule has 6 nitrogen and oxygen atoms in total. The van der Waals surface area contributed by atoms with Gasteiger partial charge in [0.25, 0.3) is 0 Å². The number of carbonyl (C=O) groups excluding carboxylic acids is 2. The van der Waals surface area contributed by atoms with Crippen molar-refractivity contribution in [3.63, 3.8) is 0 Å². The second-order valence-corrected chi connectivity index (χ2v) is 8.92. The van der Waals surface area contributed by atoms with Gasteiger partial charge in [-0.3, -0.25) is 9.59 Å². The second-order valence-electron chi connectivity index (χ2n) is 6.95. The topological polar surface area (TPSA) is 86.7 Å². The number of hydrogen-bond donors (Lipinski definition) is 0. The highest BCUT2D eigenvalue weighted by molar-refractivity contribution is 7.95. The summed E-state index contributed by atoms with van der Waals surface area (Å²) < 4.78 is 36.4. The maximum absolute atomic E-state index is 13.3. The molecule has 0 amide bonds. The Morgan fingerprint density at radius 3 is 2.22 bits per heavy atom. The summed E-state index contributed by atoms with van der Waals surface area (Å²) in [6, 6.07) is 8.00. The zero-order valence-electron chi connectivity index (χ0n) is 15.5. The molecule has 0 bridgehead atoms. The molecule has 1 aromatic carbocycles. The van der Waals surface area contributed by atoms with Gasteiger partial charge in [-0.15, -0.1) is 0 Å². The largest absolute Gasteiger partial charge is 0.468 e. The average Bonchev–Trinajstić information content (AvgIpc) is 3.03. The predicted molar refractivity (Wildman–Crippen MR) is 98.1 cm³/mol. The normalized spacial score (nSPS) is 23.7. The van der Waals surface area contributed by atoms with Gasteiger partial charge >= 0.3 is 11.9 Å². The summed E-state index contributed by atoms with van der Waals surface area (Å²) in [4.78, 5) is 25.7. The monoisotopic (exact) mass is 390 g/mol. The minimum atomic E-state index is -3.87. The summed E-state index contributed by atoms with van der Waals surface area (Å²) in [5, 5.41) is 0. The van der Waals surface area contributed by atoms with Crippen molar-refractivity contribution in [2.75, 3.05) is 14.2 Å². The van der Waals surface area contributed by atoms with Gasteiger partial charge in [0, 0.05) is 12.3 Å². The van der Waals surface area contributed by atoms with Gasteiger partial charge in [-0.05, 0) is 30.0 Å². The van der Waals surface area contributed by atoms with Gasteiger partial charge in [-0.25, -0.2) is 8.42 Å². The van der Waals surface area contributed by atoms with Crippen LogP contribution < -0.4 is 0 Å². The highest BCUT2D eigenvalue weighted by Gasteiger charge is 2.62. The molecule has 0 spiro atoms. The maximum atomic E-state index is 13.3. The second kappa shape index (κ2) is 6.96. The van der Waals surface area contributed by atoms with Crippen LogP contribution in [0.15, 0.2) is 57.9 Å². The van der Waals surface area contributed by atoms with Crippen LogP contribution in [0.5, 0.6) is 0 Å². The van der Waals surface area contributed by atoms with Crippen LogP contribution in [0.2, 0.25) is 0 Å². The molecule has 0 radical (unpaired) electrons. The average molecular weight is 390 g/mol. The fourth-order valence-electron chi connectivity index (χ4n) is 4.06. The first-order valence-electron chi connectivity index (χ1n) is 8.67. The molecular formula is C20H22O6S. The fourth-order valence-corrected chi connectivity index (χ4v) is 5.80. The summed E-state index contributed by atoms with van der Waals surface area (Å²) in [6.07, 6.45) is 3.82. The SMILES string of the molecule is COC(=O)C1(C(=O)OC)CC(S(=O)(=O)c2ccccc2)=C2C=C[C@@H](C)C[C@@H]21. The molecule has 3 rings (SSSR count). The molecule has 0 heterocycles. The summed E-state index contributed by atoms with van der Waals surface area (Å²) in [6.45, 7) is 1.95. The molecule has 2 aliphatic carbocycles. The number of ether oxygens (including phenoxy) is 2. The fraction of sp³-hybridized carbons (Fsp3) is 0.400. The van der Waals surface area contributed by atoms with E-state index in [0.29, 0.717) is 12.0 Å². The number of carbonyl (C=O) groups is 2. The van der Waals surface area contributed by atoms with Gasteiger partial charge < -0.3 is 9.47 Å². The van der Waals surface area contributed by atoms with Crippen LogP contribution in [0, 0.1) is 17.3 Å². The van der Waals surface area contributed by atoms with Gasteiger partial charge in [0.2, 0.25) is 9.84 Å². The molecule has 7 heteroatoms. The number of rotatable bonds is 4. The Morgan fingerprint density at radius 1 is 1.07 bits per heavy atom. The Balaban J connectivity index is 2.23. The number of benzene rings is 1. The third-order valence-corrected chi connectivity index (χ3v) is 7.34. The zero-order chi connectivity index (χ0) is 19.8. The van der Waals surface area contributed by atoms with E-state index in [1.54, 1.807) is 24.3 Å². The molecule has 1 aromatic rings. The van der Waals surface area contributed by atoms with Crippen molar-refractivity contribution in [2.24, 2.45) is 17.3 Å².